The number of ether oxygens (including phenoxy) is 5. The molecule has 30 nitrogen and oxygen atoms in total. The first-order valence-electron chi connectivity index (χ1n) is 23.6. The summed E-state index contributed by atoms with van der Waals surface area (Å²) in [6.45, 7) is 14.1. The van der Waals surface area contributed by atoms with Crippen molar-refractivity contribution in [2.45, 2.75) is 159 Å². The van der Waals surface area contributed by atoms with Gasteiger partial charge in [-0.05, 0) is 66.9 Å². The van der Waals surface area contributed by atoms with Crippen molar-refractivity contribution in [3.8, 4) is 0 Å². The number of unbranched alkanes of at least 4 members (excludes halogenated alkanes) is 1. The topological polar surface area (TPSA) is 424 Å². The molecule has 3 amide bonds. The molecule has 0 aliphatic carbocycles. The Morgan fingerprint density at radius 2 is 1.53 bits per heavy atom. The van der Waals surface area contributed by atoms with E-state index in [0.29, 0.717) is 0 Å². The van der Waals surface area contributed by atoms with Gasteiger partial charge in [-0.15, -0.1) is 0 Å². The summed E-state index contributed by atoms with van der Waals surface area (Å²) in [5.74, 6) is -1.55. The summed E-state index contributed by atoms with van der Waals surface area (Å²) >= 11 is 0. The zero-order chi connectivity index (χ0) is 56.6. The second-order valence-electron chi connectivity index (χ2n) is 20.3. The smallest absolute Gasteiger partial charge is 0.455 e. The highest BCUT2D eigenvalue weighted by Crippen LogP contribution is 2.50. The van der Waals surface area contributed by atoms with Crippen molar-refractivity contribution >= 4 is 84.1 Å². The van der Waals surface area contributed by atoms with Gasteiger partial charge in [-0.25, -0.2) is 43.3 Å². The van der Waals surface area contributed by atoms with Crippen LogP contribution >= 0.6 is 37.2 Å². The summed E-state index contributed by atoms with van der Waals surface area (Å²) in [4.78, 5) is 112. The van der Waals surface area contributed by atoms with E-state index in [-0.39, 0.29) is 65.5 Å². The number of aliphatic hydroxyl groups is 1. The lowest BCUT2D eigenvalue weighted by Gasteiger charge is -2.26. The summed E-state index contributed by atoms with van der Waals surface area (Å²) in [7, 11) is -7.50. The van der Waals surface area contributed by atoms with Crippen molar-refractivity contribution in [2.24, 2.45) is 0 Å². The Morgan fingerprint density at radius 1 is 0.882 bits per heavy atom. The zero-order valence-corrected chi connectivity index (χ0v) is 46.5. The van der Waals surface area contributed by atoms with Crippen LogP contribution in [0.15, 0.2) is 29.7 Å². The molecule has 426 valence electrons. The summed E-state index contributed by atoms with van der Waals surface area (Å²) in [6, 6.07) is -1.17. The van der Waals surface area contributed by atoms with Gasteiger partial charge >= 0.3 is 39.5 Å². The molecule has 2 aliphatic heterocycles. The number of nitrogens with zero attached hydrogens (tertiary/aromatic N) is 6. The predicted octanol–water partition coefficient (Wildman–Crippen LogP) is 2.57. The molecule has 2 fully saturated rings. The number of rotatable bonds is 23. The number of nitrogen functional groups attached to an aromatic ring is 2. The average Bonchev–Trinajstić information content (AvgIpc) is 3.97. The van der Waals surface area contributed by atoms with E-state index in [1.54, 1.807) is 41.5 Å². The molecule has 5 rings (SSSR count). The minimum atomic E-state index is -5.30. The fraction of sp³-hybridized carbons (Fsp3) is 0.690. The minimum Gasteiger partial charge on any atom is -0.455 e. The second kappa shape index (κ2) is 25.8. The minimum absolute atomic E-state index is 0.0280. The van der Waals surface area contributed by atoms with Gasteiger partial charge in [-0.3, -0.25) is 27.5 Å². The van der Waals surface area contributed by atoms with Crippen LogP contribution in [0.5, 0.6) is 0 Å². The van der Waals surface area contributed by atoms with E-state index in [1.165, 1.54) is 44.7 Å². The summed E-state index contributed by atoms with van der Waals surface area (Å²) in [5, 5.41) is 19.8. The highest BCUT2D eigenvalue weighted by Gasteiger charge is 2.50. The van der Waals surface area contributed by atoms with Crippen molar-refractivity contribution in [1.82, 2.24) is 45.0 Å². The largest absolute Gasteiger partial charge is 0.472 e. The van der Waals surface area contributed by atoms with E-state index in [0.717, 1.165) is 10.9 Å². The van der Waals surface area contributed by atoms with Crippen LogP contribution in [0.2, 0.25) is 0 Å². The first-order valence-corrected chi connectivity index (χ1v) is 28.9. The zero-order valence-electron chi connectivity index (χ0n) is 43.1. The molecule has 34 heteroatoms. The number of esters is 1. The third-order valence-electron chi connectivity index (χ3n) is 10.4. The molecule has 0 radical (unpaired) electrons. The van der Waals surface area contributed by atoms with Crippen molar-refractivity contribution < 1.29 is 85.4 Å². The second-order valence-corrected chi connectivity index (χ2v) is 26.1. The first-order chi connectivity index (χ1) is 35.2. The maximum atomic E-state index is 14.2. The molecule has 1 unspecified atom stereocenters. The molecule has 5 heterocycles. The predicted molar refractivity (Wildman–Crippen MR) is 273 cm³/mol. The van der Waals surface area contributed by atoms with Gasteiger partial charge in [0.25, 0.3) is 0 Å². The highest BCUT2D eigenvalue weighted by atomic mass is 33.1. The fourth-order valence-corrected chi connectivity index (χ4v) is 11.0. The van der Waals surface area contributed by atoms with Crippen LogP contribution in [0.3, 0.4) is 0 Å². The van der Waals surface area contributed by atoms with Gasteiger partial charge < -0.3 is 70.9 Å². The van der Waals surface area contributed by atoms with Gasteiger partial charge in [0, 0.05) is 29.7 Å². The van der Waals surface area contributed by atoms with Crippen molar-refractivity contribution in [3.63, 3.8) is 0 Å². The third-order valence-corrected chi connectivity index (χ3v) is 15.2. The lowest BCUT2D eigenvalue weighted by atomic mass is 10.1. The molecule has 10 atom stereocenters. The number of phosphoric ester groups is 2. The quantitative estimate of drug-likeness (QED) is 0.0217. The monoisotopic (exact) mass is 1160 g/mol. The van der Waals surface area contributed by atoms with E-state index < -0.39 is 125 Å². The van der Waals surface area contributed by atoms with Gasteiger partial charge in [0.2, 0.25) is 5.91 Å². The molecule has 0 spiro atoms. The van der Waals surface area contributed by atoms with Crippen LogP contribution in [-0.4, -0.2) is 157 Å². The van der Waals surface area contributed by atoms with Crippen LogP contribution in [0.25, 0.3) is 11.2 Å². The lowest BCUT2D eigenvalue weighted by molar-refractivity contribution is -0.159. The Labute approximate surface area is 444 Å². The average molecular weight is 1160 g/mol. The molecule has 0 bridgehead atoms. The van der Waals surface area contributed by atoms with Crippen LogP contribution < -0.4 is 33.1 Å². The number of aromatic nitrogens is 6. The van der Waals surface area contributed by atoms with E-state index in [9.17, 15) is 52.9 Å². The number of carbonyl (C=O) groups is 4. The highest BCUT2D eigenvalue weighted by molar-refractivity contribution is 8.77. The normalized spacial score (nSPS) is 22.8. The number of fused-ring (bicyclic) bond motifs is 1. The van der Waals surface area contributed by atoms with Gasteiger partial charge in [0.05, 0.1) is 19.5 Å². The van der Waals surface area contributed by atoms with Crippen LogP contribution in [-0.2, 0) is 56.0 Å². The number of hydrogen-bond acceptors (Lipinski definition) is 24. The number of anilines is 2. The maximum Gasteiger partial charge on any atom is 0.472 e. The number of nitrogens with two attached hydrogens (primary N) is 2. The molecule has 76 heavy (non-hydrogen) atoms. The Bertz CT molecular complexity index is 2660. The number of phosphoric acid groups is 2. The van der Waals surface area contributed by atoms with Crippen molar-refractivity contribution in [3.05, 3.63) is 35.4 Å². The van der Waals surface area contributed by atoms with E-state index in [1.807, 2.05) is 20.8 Å². The standard InChI is InChI=1S/C42H67N11O19P2S2/c1-40(2,3)70-38(58)49-22(12-10-11-14-45-34(55)23(19-75-76-42(7,8)9)50-39(59)71-41(4,5)6)36(56)69-31-26(68-35(30(31)54)53-21-48-29-32(44)46-20-47-33(29)53)18-66-74(63,64)72-24-16-28(52-15-13-27(43)51-37(52)57)67-25(24)17-65-73(60,61)62/h13,15,20-26,28,30-31,35,54H,10-12,14,16-19H2,1-9H3,(H,45,55)(H,49,58)(H,50,59)(H,63,64)(H2,43,51,57)(H2,44,46,47)(H2,60,61,62)/t22-,23-,24-,25+,26+,28+,30+,31+,35+/m0/s1. The Kier molecular flexibility index (Phi) is 21.1. The van der Waals surface area contributed by atoms with E-state index >= 15 is 0 Å². The molecule has 0 saturated carbocycles. The van der Waals surface area contributed by atoms with E-state index in [2.05, 4.69) is 40.4 Å². The summed E-state index contributed by atoms with van der Waals surface area (Å²) in [5.41, 5.74) is 9.06. The molecule has 0 aromatic carbocycles. The number of nitrogens with one attached hydrogen (secondary N) is 3. The number of alkyl carbamates (subject to hydrolysis) is 2. The van der Waals surface area contributed by atoms with Gasteiger partial charge in [-0.1, -0.05) is 42.4 Å². The SMILES string of the molecule is CC(C)(C)OC(=O)N[C@@H](CSSC(C)(C)C)C(=O)NCCCC[C@H](NC(=O)OC(C)(C)C)C(=O)O[C@H]1[C@@H](O)[C@H](n2cnc3c(N)ncnc32)O[C@@H]1COP(=O)(O)O[C@H]1C[C@H](n2ccc(N)nc2=O)O[C@@H]1COP(=O)(O)O. The number of hydrogen-bond donors (Lipinski definition) is 9. The summed E-state index contributed by atoms with van der Waals surface area (Å²) in [6.07, 6.45) is -9.24. The third kappa shape index (κ3) is 19.3. The molecule has 3 aromatic heterocycles. The van der Waals surface area contributed by atoms with Crippen LogP contribution in [0, 0.1) is 0 Å². The van der Waals surface area contributed by atoms with Crippen molar-refractivity contribution in [2.75, 3.05) is 37.0 Å². The van der Waals surface area contributed by atoms with Crippen LogP contribution in [0.4, 0.5) is 21.2 Å². The molecule has 2 saturated heterocycles. The molecular weight excluding hydrogens is 1090 g/mol. The molecule has 2 aliphatic rings. The number of imidazole rings is 1. The molecule has 3 aromatic rings. The summed E-state index contributed by atoms with van der Waals surface area (Å²) < 4.78 is 71.3. The maximum absolute atomic E-state index is 14.2. The Hall–Kier alpha value is -4.69. The van der Waals surface area contributed by atoms with E-state index in [4.69, 9.17) is 44.2 Å². The van der Waals surface area contributed by atoms with Gasteiger partial charge in [0.1, 0.15) is 71.6 Å². The fourth-order valence-electron chi connectivity index (χ4n) is 7.24. The number of aliphatic hydroxyl groups excluding tert-OH is 1. The Balaban J connectivity index is 1.33. The van der Waals surface area contributed by atoms with Gasteiger partial charge in [0.15, 0.2) is 23.8 Å². The number of amides is 3. The van der Waals surface area contributed by atoms with Gasteiger partial charge in [-0.2, -0.15) is 4.98 Å². The molecule has 11 N–H and O–H groups in total. The number of carbonyl (C=O) groups excluding carboxylic acids is 4. The van der Waals surface area contributed by atoms with Crippen molar-refractivity contribution in [1.29, 1.82) is 0 Å². The first kappa shape index (κ1) is 62.2. The molecular formula is C42H67N11O19P2S2. The Morgan fingerprint density at radius 3 is 2.14 bits per heavy atom. The lowest BCUT2D eigenvalue weighted by Crippen LogP contribution is -2.49. The van der Waals surface area contributed by atoms with Crippen LogP contribution in [0.1, 0.15) is 100 Å².